The zero-order valence-electron chi connectivity index (χ0n) is 13.2. The lowest BCUT2D eigenvalue weighted by Gasteiger charge is -2.39. The van der Waals surface area contributed by atoms with Crippen molar-refractivity contribution < 1.29 is 4.79 Å². The second-order valence-corrected chi connectivity index (χ2v) is 6.91. The number of aryl methyl sites for hydroxylation is 2. The summed E-state index contributed by atoms with van der Waals surface area (Å²) in [6.07, 6.45) is 4.17. The molecule has 0 aliphatic carbocycles. The summed E-state index contributed by atoms with van der Waals surface area (Å²) in [5.74, 6) is 0.296. The van der Waals surface area contributed by atoms with Crippen molar-refractivity contribution in [2.75, 3.05) is 26.2 Å². The molecule has 1 amide bonds. The number of carbonyl (C=O) groups excluding carboxylic acids is 1. The number of hydrogen-bond donors (Lipinski definition) is 1. The second kappa shape index (κ2) is 5.80. The third kappa shape index (κ3) is 3.13. The van der Waals surface area contributed by atoms with Gasteiger partial charge in [0.25, 0.3) is 0 Å². The third-order valence-corrected chi connectivity index (χ3v) is 5.36. The molecule has 114 valence electrons. The van der Waals surface area contributed by atoms with Gasteiger partial charge in [-0.15, -0.1) is 0 Å². The van der Waals surface area contributed by atoms with Crippen molar-refractivity contribution >= 4 is 5.91 Å². The molecule has 0 radical (unpaired) electrons. The number of amides is 1. The van der Waals surface area contributed by atoms with E-state index in [9.17, 15) is 4.79 Å². The summed E-state index contributed by atoms with van der Waals surface area (Å²) in [6.45, 7) is 8.35. The Morgan fingerprint density at radius 1 is 1.24 bits per heavy atom. The molecule has 1 spiro atoms. The van der Waals surface area contributed by atoms with Gasteiger partial charge in [-0.3, -0.25) is 4.79 Å². The number of rotatable bonds is 2. The Morgan fingerprint density at radius 2 is 2.00 bits per heavy atom. The van der Waals surface area contributed by atoms with Crippen molar-refractivity contribution in [3.05, 3.63) is 34.9 Å². The Bertz CT molecular complexity index is 522. The zero-order valence-corrected chi connectivity index (χ0v) is 13.2. The molecule has 1 aromatic carbocycles. The lowest BCUT2D eigenvalue weighted by atomic mass is 9.78. The maximum Gasteiger partial charge on any atom is 0.227 e. The molecule has 2 saturated heterocycles. The molecule has 2 aliphatic heterocycles. The molecule has 0 atom stereocenters. The van der Waals surface area contributed by atoms with Gasteiger partial charge in [0.2, 0.25) is 5.91 Å². The fourth-order valence-electron chi connectivity index (χ4n) is 3.72. The first-order valence-electron chi connectivity index (χ1n) is 8.13. The van der Waals surface area contributed by atoms with E-state index in [1.54, 1.807) is 0 Å². The van der Waals surface area contributed by atoms with Crippen molar-refractivity contribution in [1.82, 2.24) is 10.2 Å². The summed E-state index contributed by atoms with van der Waals surface area (Å²) in [6, 6.07) is 6.38. The van der Waals surface area contributed by atoms with Crippen LogP contribution in [0.5, 0.6) is 0 Å². The number of hydrogen-bond acceptors (Lipinski definition) is 2. The molecule has 2 heterocycles. The van der Waals surface area contributed by atoms with Crippen molar-refractivity contribution in [1.29, 1.82) is 0 Å². The molecule has 2 aliphatic rings. The molecule has 3 heteroatoms. The monoisotopic (exact) mass is 286 g/mol. The summed E-state index contributed by atoms with van der Waals surface area (Å²) < 4.78 is 0. The minimum Gasteiger partial charge on any atom is -0.342 e. The first kappa shape index (κ1) is 14.6. The molecule has 0 unspecified atom stereocenters. The van der Waals surface area contributed by atoms with Crippen LogP contribution in [0.15, 0.2) is 18.2 Å². The maximum absolute atomic E-state index is 12.5. The van der Waals surface area contributed by atoms with E-state index < -0.39 is 0 Å². The van der Waals surface area contributed by atoms with Gasteiger partial charge in [0.15, 0.2) is 0 Å². The zero-order chi connectivity index (χ0) is 14.9. The molecule has 1 N–H and O–H groups in total. The van der Waals surface area contributed by atoms with E-state index in [0.29, 0.717) is 17.7 Å². The molecule has 0 saturated carbocycles. The highest BCUT2D eigenvalue weighted by Gasteiger charge is 2.37. The van der Waals surface area contributed by atoms with Gasteiger partial charge in [-0.2, -0.15) is 0 Å². The smallest absolute Gasteiger partial charge is 0.227 e. The summed E-state index contributed by atoms with van der Waals surface area (Å²) in [7, 11) is 0. The predicted octanol–water partition coefficient (Wildman–Crippen LogP) is 2.45. The van der Waals surface area contributed by atoms with Crippen molar-refractivity contribution in [2.24, 2.45) is 5.41 Å². The third-order valence-electron chi connectivity index (χ3n) is 5.36. The van der Waals surface area contributed by atoms with E-state index in [-0.39, 0.29) is 0 Å². The van der Waals surface area contributed by atoms with Crippen LogP contribution >= 0.6 is 0 Å². The number of nitrogens with one attached hydrogen (secondary N) is 1. The van der Waals surface area contributed by atoms with Gasteiger partial charge in [-0.05, 0) is 56.2 Å². The highest BCUT2D eigenvalue weighted by atomic mass is 16.2. The van der Waals surface area contributed by atoms with Crippen LogP contribution in [0.2, 0.25) is 0 Å². The van der Waals surface area contributed by atoms with Crippen LogP contribution in [-0.2, 0) is 11.2 Å². The van der Waals surface area contributed by atoms with E-state index in [4.69, 9.17) is 0 Å². The number of benzene rings is 1. The topological polar surface area (TPSA) is 32.3 Å². The molecule has 21 heavy (non-hydrogen) atoms. The van der Waals surface area contributed by atoms with E-state index >= 15 is 0 Å². The Hall–Kier alpha value is -1.35. The standard InChI is InChI=1S/C18H26N2O/c1-14-3-4-15(2)16(11-14)12-17(21)20-9-6-18(7-10-20)5-8-19-13-18/h3-4,11,19H,5-10,12-13H2,1-2H3. The van der Waals surface area contributed by atoms with Gasteiger partial charge < -0.3 is 10.2 Å². The van der Waals surface area contributed by atoms with Crippen LogP contribution in [0.25, 0.3) is 0 Å². The average Bonchev–Trinajstić information content (AvgIpc) is 2.92. The molecular weight excluding hydrogens is 260 g/mol. The highest BCUT2D eigenvalue weighted by molar-refractivity contribution is 5.79. The largest absolute Gasteiger partial charge is 0.342 e. The van der Waals surface area contributed by atoms with Crippen LogP contribution < -0.4 is 5.32 Å². The first-order valence-corrected chi connectivity index (χ1v) is 8.13. The van der Waals surface area contributed by atoms with Crippen molar-refractivity contribution in [2.45, 2.75) is 39.5 Å². The van der Waals surface area contributed by atoms with E-state index in [2.05, 4.69) is 42.3 Å². The summed E-state index contributed by atoms with van der Waals surface area (Å²) in [5, 5.41) is 3.48. The quantitative estimate of drug-likeness (QED) is 0.905. The van der Waals surface area contributed by atoms with Crippen LogP contribution in [0.1, 0.15) is 36.0 Å². The molecule has 1 aromatic rings. The Labute approximate surface area is 127 Å². The summed E-state index contributed by atoms with van der Waals surface area (Å²) in [4.78, 5) is 14.6. The van der Waals surface area contributed by atoms with Gasteiger partial charge in [0.1, 0.15) is 0 Å². The fraction of sp³-hybridized carbons (Fsp3) is 0.611. The van der Waals surface area contributed by atoms with Crippen LogP contribution in [0, 0.1) is 19.3 Å². The van der Waals surface area contributed by atoms with E-state index in [1.807, 2.05) is 0 Å². The number of carbonyl (C=O) groups is 1. The molecule has 0 bridgehead atoms. The lowest BCUT2D eigenvalue weighted by Crippen LogP contribution is -2.44. The molecule has 2 fully saturated rings. The predicted molar refractivity (Wildman–Crippen MR) is 85.4 cm³/mol. The SMILES string of the molecule is Cc1ccc(C)c(CC(=O)N2CCC3(CCNC3)CC2)c1. The van der Waals surface area contributed by atoms with Gasteiger partial charge >= 0.3 is 0 Å². The molecule has 0 aromatic heterocycles. The van der Waals surface area contributed by atoms with Gasteiger partial charge in [-0.1, -0.05) is 23.8 Å². The molecule has 3 rings (SSSR count). The lowest BCUT2D eigenvalue weighted by molar-refractivity contribution is -0.132. The molecular formula is C18H26N2O. The van der Waals surface area contributed by atoms with Crippen molar-refractivity contribution in [3.8, 4) is 0 Å². The second-order valence-electron chi connectivity index (χ2n) is 6.91. The number of nitrogens with zero attached hydrogens (tertiary/aromatic N) is 1. The van der Waals surface area contributed by atoms with Gasteiger partial charge in [0, 0.05) is 19.6 Å². The normalized spacial score (nSPS) is 21.0. The van der Waals surface area contributed by atoms with Crippen molar-refractivity contribution in [3.63, 3.8) is 0 Å². The minimum atomic E-state index is 0.296. The van der Waals surface area contributed by atoms with E-state index in [0.717, 1.165) is 26.2 Å². The summed E-state index contributed by atoms with van der Waals surface area (Å²) >= 11 is 0. The fourth-order valence-corrected chi connectivity index (χ4v) is 3.72. The minimum absolute atomic E-state index is 0.296. The Balaban J connectivity index is 1.60. The Morgan fingerprint density at radius 3 is 2.67 bits per heavy atom. The van der Waals surface area contributed by atoms with Crippen LogP contribution in [0.4, 0.5) is 0 Å². The first-order chi connectivity index (χ1) is 10.1. The van der Waals surface area contributed by atoms with Gasteiger partial charge in [0.05, 0.1) is 6.42 Å². The highest BCUT2D eigenvalue weighted by Crippen LogP contribution is 2.37. The summed E-state index contributed by atoms with van der Waals surface area (Å²) in [5.41, 5.74) is 4.12. The average molecular weight is 286 g/mol. The van der Waals surface area contributed by atoms with Crippen LogP contribution in [-0.4, -0.2) is 37.0 Å². The van der Waals surface area contributed by atoms with Crippen LogP contribution in [0.3, 0.4) is 0 Å². The number of likely N-dealkylation sites (tertiary alicyclic amines) is 1. The molecule has 3 nitrogen and oxygen atoms in total. The van der Waals surface area contributed by atoms with Gasteiger partial charge in [-0.25, -0.2) is 0 Å². The van der Waals surface area contributed by atoms with E-state index in [1.165, 1.54) is 36.0 Å². The maximum atomic E-state index is 12.5. The Kier molecular flexibility index (Phi) is 4.03. The number of piperidine rings is 1.